The molecule has 0 saturated carbocycles. The van der Waals surface area contributed by atoms with E-state index in [4.69, 9.17) is 10.00 Å². The number of hydrogen-bond acceptors (Lipinski definition) is 4. The van der Waals surface area contributed by atoms with Crippen LogP contribution in [0.4, 0.5) is 0 Å². The van der Waals surface area contributed by atoms with Gasteiger partial charge in [0.05, 0.1) is 6.61 Å². The third kappa shape index (κ3) is 5.01. The molecule has 0 aliphatic carbocycles. The summed E-state index contributed by atoms with van der Waals surface area (Å²) in [7, 11) is 0. The molecule has 2 rings (SSSR count). The summed E-state index contributed by atoms with van der Waals surface area (Å²) in [6, 6.07) is 12.0. The zero-order valence-electron chi connectivity index (χ0n) is 13.0. The van der Waals surface area contributed by atoms with E-state index in [9.17, 15) is 4.79 Å². The van der Waals surface area contributed by atoms with Crippen LogP contribution in [-0.2, 0) is 16.1 Å². The van der Waals surface area contributed by atoms with Crippen LogP contribution in [0.3, 0.4) is 0 Å². The summed E-state index contributed by atoms with van der Waals surface area (Å²) in [6.45, 7) is 2.76. The highest BCUT2D eigenvalue weighted by Gasteiger charge is 2.08. The molecule has 0 amide bonds. The zero-order valence-corrected chi connectivity index (χ0v) is 13.0. The summed E-state index contributed by atoms with van der Waals surface area (Å²) in [5.41, 5.74) is 2.13. The molecule has 1 aliphatic heterocycles. The van der Waals surface area contributed by atoms with E-state index in [1.807, 2.05) is 48.8 Å². The van der Waals surface area contributed by atoms with Crippen molar-refractivity contribution in [2.45, 2.75) is 13.5 Å². The molecule has 0 N–H and O–H groups in total. The maximum atomic E-state index is 11.5. The van der Waals surface area contributed by atoms with Crippen LogP contribution in [0, 0.1) is 11.3 Å². The minimum atomic E-state index is -0.596. The van der Waals surface area contributed by atoms with Gasteiger partial charge in [0.2, 0.25) is 0 Å². The van der Waals surface area contributed by atoms with E-state index < -0.39 is 5.97 Å². The number of rotatable bonds is 5. The molecule has 0 fully saturated rings. The quantitative estimate of drug-likeness (QED) is 0.475. The number of hydrogen-bond donors (Lipinski definition) is 0. The third-order valence-corrected chi connectivity index (χ3v) is 3.18. The Morgan fingerprint density at radius 1 is 1.26 bits per heavy atom. The van der Waals surface area contributed by atoms with Gasteiger partial charge >= 0.3 is 5.97 Å². The zero-order chi connectivity index (χ0) is 16.5. The first-order valence-electron chi connectivity index (χ1n) is 7.38. The number of carbonyl (C=O) groups excluding carboxylic acids is 1. The lowest BCUT2D eigenvalue weighted by molar-refractivity contribution is -0.138. The predicted octanol–water partition coefficient (Wildman–Crippen LogP) is 3.47. The van der Waals surface area contributed by atoms with Gasteiger partial charge in [-0.1, -0.05) is 36.4 Å². The van der Waals surface area contributed by atoms with Crippen molar-refractivity contribution in [3.05, 3.63) is 83.7 Å². The molecule has 4 heteroatoms. The third-order valence-electron chi connectivity index (χ3n) is 3.18. The van der Waals surface area contributed by atoms with Gasteiger partial charge in [-0.15, -0.1) is 0 Å². The number of nitrogens with zero attached hydrogens (tertiary/aromatic N) is 2. The Morgan fingerprint density at radius 2 is 1.96 bits per heavy atom. The van der Waals surface area contributed by atoms with Crippen molar-refractivity contribution in [2.75, 3.05) is 6.61 Å². The highest BCUT2D eigenvalue weighted by Crippen LogP contribution is 2.13. The van der Waals surface area contributed by atoms with Crippen molar-refractivity contribution in [1.29, 1.82) is 5.26 Å². The second-order valence-electron chi connectivity index (χ2n) is 4.87. The maximum absolute atomic E-state index is 11.5. The van der Waals surface area contributed by atoms with Crippen LogP contribution in [0.5, 0.6) is 0 Å². The molecule has 4 nitrogen and oxygen atoms in total. The van der Waals surface area contributed by atoms with Gasteiger partial charge in [0.25, 0.3) is 0 Å². The molecule has 1 heterocycles. The molecule has 23 heavy (non-hydrogen) atoms. The molecule has 1 aromatic rings. The van der Waals surface area contributed by atoms with Crippen LogP contribution in [-0.4, -0.2) is 17.5 Å². The van der Waals surface area contributed by atoms with Crippen molar-refractivity contribution in [3.8, 4) is 6.07 Å². The SMILES string of the molecule is CCOC(=O)C(C#N)=CC=C1C=CN(Cc2ccccc2)C=C1. The summed E-state index contributed by atoms with van der Waals surface area (Å²) in [6.07, 6.45) is 11.0. The largest absolute Gasteiger partial charge is 0.462 e. The predicted molar refractivity (Wildman–Crippen MR) is 88.7 cm³/mol. The molecule has 0 aromatic heterocycles. The van der Waals surface area contributed by atoms with Crippen molar-refractivity contribution >= 4 is 5.97 Å². The van der Waals surface area contributed by atoms with E-state index in [2.05, 4.69) is 17.0 Å². The average Bonchev–Trinajstić information content (AvgIpc) is 2.58. The van der Waals surface area contributed by atoms with Crippen LogP contribution in [0.2, 0.25) is 0 Å². The smallest absolute Gasteiger partial charge is 0.348 e. The van der Waals surface area contributed by atoms with Crippen LogP contribution < -0.4 is 0 Å². The summed E-state index contributed by atoms with van der Waals surface area (Å²) in [4.78, 5) is 13.6. The highest BCUT2D eigenvalue weighted by molar-refractivity contribution is 5.93. The summed E-state index contributed by atoms with van der Waals surface area (Å²) in [5, 5.41) is 8.97. The molecular formula is C19H18N2O2. The van der Waals surface area contributed by atoms with E-state index in [-0.39, 0.29) is 12.2 Å². The Labute approximate surface area is 136 Å². The number of benzene rings is 1. The van der Waals surface area contributed by atoms with Gasteiger partial charge in [-0.3, -0.25) is 0 Å². The van der Waals surface area contributed by atoms with Crippen LogP contribution in [0.1, 0.15) is 12.5 Å². The lowest BCUT2D eigenvalue weighted by Crippen LogP contribution is -2.11. The van der Waals surface area contributed by atoms with E-state index in [0.29, 0.717) is 0 Å². The molecule has 0 radical (unpaired) electrons. The Bertz CT molecular complexity index is 691. The van der Waals surface area contributed by atoms with Crippen LogP contribution >= 0.6 is 0 Å². The number of esters is 1. The number of allylic oxidation sites excluding steroid dienone is 5. The van der Waals surface area contributed by atoms with Crippen molar-refractivity contribution in [3.63, 3.8) is 0 Å². The molecule has 0 saturated heterocycles. The van der Waals surface area contributed by atoms with E-state index in [0.717, 1.165) is 12.1 Å². The van der Waals surface area contributed by atoms with Gasteiger partial charge in [-0.25, -0.2) is 4.79 Å². The van der Waals surface area contributed by atoms with Crippen LogP contribution in [0.15, 0.2) is 78.2 Å². The second-order valence-corrected chi connectivity index (χ2v) is 4.87. The highest BCUT2D eigenvalue weighted by atomic mass is 16.5. The van der Waals surface area contributed by atoms with E-state index >= 15 is 0 Å². The fourth-order valence-electron chi connectivity index (χ4n) is 2.02. The minimum Gasteiger partial charge on any atom is -0.462 e. The maximum Gasteiger partial charge on any atom is 0.348 e. The molecule has 0 atom stereocenters. The molecule has 1 aliphatic rings. The molecular weight excluding hydrogens is 288 g/mol. The summed E-state index contributed by atoms with van der Waals surface area (Å²) in [5.74, 6) is -0.596. The van der Waals surface area contributed by atoms with Gasteiger partial charge in [0.15, 0.2) is 0 Å². The standard InChI is InChI=1S/C19H18N2O2/c1-2-23-19(22)18(14-20)9-8-16-10-12-21(13-11-16)15-17-6-4-3-5-7-17/h3-13H,2,15H2,1H3. The first-order chi connectivity index (χ1) is 11.2. The second kappa shape index (κ2) is 8.40. The van der Waals surface area contributed by atoms with Crippen LogP contribution in [0.25, 0.3) is 0 Å². The fourth-order valence-corrected chi connectivity index (χ4v) is 2.02. The number of nitriles is 1. The molecule has 0 spiro atoms. The Kier molecular flexibility index (Phi) is 5.96. The van der Waals surface area contributed by atoms with Gasteiger partial charge in [-0.2, -0.15) is 5.26 Å². The minimum absolute atomic E-state index is 0.00661. The topological polar surface area (TPSA) is 53.3 Å². The Balaban J connectivity index is 1.99. The first-order valence-corrected chi connectivity index (χ1v) is 7.38. The van der Waals surface area contributed by atoms with Gasteiger partial charge in [0, 0.05) is 18.9 Å². The van der Waals surface area contributed by atoms with E-state index in [1.54, 1.807) is 13.0 Å². The van der Waals surface area contributed by atoms with Gasteiger partial charge < -0.3 is 9.64 Å². The molecule has 0 unspecified atom stereocenters. The van der Waals surface area contributed by atoms with Crippen molar-refractivity contribution in [1.82, 2.24) is 4.90 Å². The van der Waals surface area contributed by atoms with Gasteiger partial charge in [0.1, 0.15) is 11.6 Å². The summed E-state index contributed by atoms with van der Waals surface area (Å²) >= 11 is 0. The molecule has 0 bridgehead atoms. The Morgan fingerprint density at radius 3 is 2.57 bits per heavy atom. The normalized spacial score (nSPS) is 13.7. The number of ether oxygens (including phenoxy) is 1. The van der Waals surface area contributed by atoms with Crippen molar-refractivity contribution < 1.29 is 9.53 Å². The number of carbonyl (C=O) groups is 1. The fraction of sp³-hybridized carbons (Fsp3) is 0.158. The van der Waals surface area contributed by atoms with Gasteiger partial charge in [-0.05, 0) is 36.3 Å². The van der Waals surface area contributed by atoms with E-state index in [1.165, 1.54) is 11.6 Å². The van der Waals surface area contributed by atoms with Crippen molar-refractivity contribution in [2.24, 2.45) is 0 Å². The Hall–Kier alpha value is -3.06. The average molecular weight is 306 g/mol. The first kappa shape index (κ1) is 16.3. The molecule has 116 valence electrons. The monoisotopic (exact) mass is 306 g/mol. The lowest BCUT2D eigenvalue weighted by atomic mass is 10.1. The lowest BCUT2D eigenvalue weighted by Gasteiger charge is -2.18. The summed E-state index contributed by atoms with van der Waals surface area (Å²) < 4.78 is 4.81. The molecule has 1 aromatic carbocycles.